The second-order valence-electron chi connectivity index (χ2n) is 6.01. The average Bonchev–Trinajstić information content (AvgIpc) is 3.09. The predicted octanol–water partition coefficient (Wildman–Crippen LogP) is 1.79. The first-order chi connectivity index (χ1) is 13.6. The monoisotopic (exact) mass is 384 g/mol. The molecule has 0 aliphatic rings. The number of carbonyl (C=O) groups is 1. The van der Waals surface area contributed by atoms with E-state index in [1.807, 2.05) is 0 Å². The van der Waals surface area contributed by atoms with Crippen molar-refractivity contribution in [2.24, 2.45) is 0 Å². The minimum Gasteiger partial charge on any atom is -0.492 e. The summed E-state index contributed by atoms with van der Waals surface area (Å²) in [4.78, 5) is 12.8. The maximum atomic E-state index is 13.1. The number of hydrogen-bond donors (Lipinski definition) is 3. The van der Waals surface area contributed by atoms with Crippen LogP contribution in [0.2, 0.25) is 0 Å². The molecule has 3 rings (SSSR count). The Balaban J connectivity index is 1.74. The van der Waals surface area contributed by atoms with E-state index in [2.05, 4.69) is 10.4 Å². The number of anilines is 1. The number of nitrogen functional groups attached to an aromatic ring is 1. The van der Waals surface area contributed by atoms with Gasteiger partial charge in [0.05, 0.1) is 24.1 Å². The Labute approximate surface area is 161 Å². The number of halogens is 1. The highest BCUT2D eigenvalue weighted by atomic mass is 19.1. The molecule has 2 aromatic carbocycles. The second kappa shape index (κ2) is 9.12. The van der Waals surface area contributed by atoms with Gasteiger partial charge in [-0.1, -0.05) is 12.1 Å². The summed E-state index contributed by atoms with van der Waals surface area (Å²) in [5, 5.41) is 15.9. The highest BCUT2D eigenvalue weighted by molar-refractivity contribution is 6.11. The summed E-state index contributed by atoms with van der Waals surface area (Å²) >= 11 is 0. The normalized spacial score (nSPS) is 10.8. The third kappa shape index (κ3) is 4.54. The number of carbonyl (C=O) groups excluding carboxylic acids is 1. The van der Waals surface area contributed by atoms with Gasteiger partial charge >= 0.3 is 0 Å². The average molecular weight is 384 g/mol. The lowest BCUT2D eigenvalue weighted by Crippen LogP contribution is -2.24. The van der Waals surface area contributed by atoms with E-state index in [9.17, 15) is 9.18 Å². The summed E-state index contributed by atoms with van der Waals surface area (Å²) in [7, 11) is 0. The molecule has 4 N–H and O–H groups in total. The maximum Gasteiger partial charge on any atom is 0.198 e. The van der Waals surface area contributed by atoms with Crippen LogP contribution in [0.5, 0.6) is 5.75 Å². The largest absolute Gasteiger partial charge is 0.492 e. The number of benzene rings is 2. The van der Waals surface area contributed by atoms with Crippen LogP contribution in [0.25, 0.3) is 5.69 Å². The molecular weight excluding hydrogens is 363 g/mol. The van der Waals surface area contributed by atoms with Gasteiger partial charge in [-0.15, -0.1) is 0 Å². The zero-order chi connectivity index (χ0) is 19.9. The van der Waals surface area contributed by atoms with Crippen LogP contribution in [0, 0.1) is 5.82 Å². The summed E-state index contributed by atoms with van der Waals surface area (Å²) in [6, 6.07) is 12.5. The van der Waals surface area contributed by atoms with Gasteiger partial charge in [-0.05, 0) is 36.4 Å². The van der Waals surface area contributed by atoms with Crippen LogP contribution in [-0.4, -0.2) is 47.0 Å². The molecule has 0 saturated carbocycles. The van der Waals surface area contributed by atoms with Crippen LogP contribution < -0.4 is 15.8 Å². The Hall–Kier alpha value is -3.23. The quantitative estimate of drug-likeness (QED) is 0.384. The fourth-order valence-electron chi connectivity index (χ4n) is 2.65. The zero-order valence-corrected chi connectivity index (χ0v) is 15.1. The van der Waals surface area contributed by atoms with Crippen LogP contribution in [0.4, 0.5) is 10.2 Å². The number of nitrogens with two attached hydrogens (primary N) is 1. The Bertz CT molecular complexity index is 941. The first-order valence-electron chi connectivity index (χ1n) is 8.78. The van der Waals surface area contributed by atoms with Crippen molar-refractivity contribution < 1.29 is 19.0 Å². The number of aliphatic hydroxyl groups is 1. The molecule has 1 heterocycles. The molecular formula is C20H21FN4O3. The number of nitrogens with zero attached hydrogens (tertiary/aromatic N) is 2. The molecule has 0 unspecified atom stereocenters. The molecule has 28 heavy (non-hydrogen) atoms. The standard InChI is InChI=1S/C20H21FN4O3/c21-15-4-6-16(7-5-15)25-20(22)18(13-24-25)19(27)14-2-1-3-17(12-14)28-11-9-23-8-10-26/h1-7,12-13,23,26H,8-11,22H2. The van der Waals surface area contributed by atoms with E-state index in [-0.39, 0.29) is 29.6 Å². The van der Waals surface area contributed by atoms with Gasteiger partial charge in [-0.25, -0.2) is 9.07 Å². The molecule has 0 aliphatic carbocycles. The van der Waals surface area contributed by atoms with Gasteiger partial charge in [0.25, 0.3) is 0 Å². The number of rotatable bonds is 9. The molecule has 7 nitrogen and oxygen atoms in total. The van der Waals surface area contributed by atoms with Gasteiger partial charge in [0, 0.05) is 18.7 Å². The lowest BCUT2D eigenvalue weighted by Gasteiger charge is -2.08. The van der Waals surface area contributed by atoms with E-state index in [0.717, 1.165) is 0 Å². The fraction of sp³-hybridized carbons (Fsp3) is 0.200. The maximum absolute atomic E-state index is 13.1. The second-order valence-corrected chi connectivity index (χ2v) is 6.01. The van der Waals surface area contributed by atoms with Crippen LogP contribution in [0.3, 0.4) is 0 Å². The van der Waals surface area contributed by atoms with Crippen molar-refractivity contribution in [3.05, 3.63) is 71.7 Å². The number of ketones is 1. The summed E-state index contributed by atoms with van der Waals surface area (Å²) in [6.07, 6.45) is 1.40. The van der Waals surface area contributed by atoms with E-state index >= 15 is 0 Å². The molecule has 0 bridgehead atoms. The molecule has 146 valence electrons. The van der Waals surface area contributed by atoms with Gasteiger partial charge in [-0.3, -0.25) is 4.79 Å². The van der Waals surface area contributed by atoms with Crippen molar-refractivity contribution in [2.45, 2.75) is 0 Å². The van der Waals surface area contributed by atoms with Crippen LogP contribution in [0.15, 0.2) is 54.7 Å². The third-order valence-corrected chi connectivity index (χ3v) is 4.05. The van der Waals surface area contributed by atoms with E-state index in [0.29, 0.717) is 36.7 Å². The Kier molecular flexibility index (Phi) is 6.36. The number of aliphatic hydroxyl groups excluding tert-OH is 1. The van der Waals surface area contributed by atoms with E-state index in [1.165, 1.54) is 35.1 Å². The molecule has 0 saturated heterocycles. The minimum atomic E-state index is -0.367. The van der Waals surface area contributed by atoms with Gasteiger partial charge in [0.1, 0.15) is 24.0 Å². The third-order valence-electron chi connectivity index (χ3n) is 4.05. The molecule has 0 aliphatic heterocycles. The lowest BCUT2D eigenvalue weighted by atomic mass is 10.1. The smallest absolute Gasteiger partial charge is 0.198 e. The molecule has 8 heteroatoms. The topological polar surface area (TPSA) is 102 Å². The van der Waals surface area contributed by atoms with Crippen molar-refractivity contribution in [3.8, 4) is 11.4 Å². The van der Waals surface area contributed by atoms with Crippen molar-refractivity contribution in [2.75, 3.05) is 32.0 Å². The number of nitrogens with one attached hydrogen (secondary N) is 1. The number of aromatic nitrogens is 2. The lowest BCUT2D eigenvalue weighted by molar-refractivity contribution is 0.103. The summed E-state index contributed by atoms with van der Waals surface area (Å²) in [5.74, 6) is 0.0844. The Morgan fingerprint density at radius 2 is 2.00 bits per heavy atom. The summed E-state index contributed by atoms with van der Waals surface area (Å²) in [5.41, 5.74) is 7.34. The van der Waals surface area contributed by atoms with Gasteiger partial charge in [-0.2, -0.15) is 5.10 Å². The van der Waals surface area contributed by atoms with Crippen LogP contribution >= 0.6 is 0 Å². The Morgan fingerprint density at radius 1 is 1.21 bits per heavy atom. The summed E-state index contributed by atoms with van der Waals surface area (Å²) < 4.78 is 20.1. The molecule has 3 aromatic rings. The predicted molar refractivity (Wildman–Crippen MR) is 103 cm³/mol. The first kappa shape index (κ1) is 19.5. The van der Waals surface area contributed by atoms with E-state index < -0.39 is 0 Å². The van der Waals surface area contributed by atoms with E-state index in [1.54, 1.807) is 24.3 Å². The first-order valence-corrected chi connectivity index (χ1v) is 8.78. The van der Waals surface area contributed by atoms with E-state index in [4.69, 9.17) is 15.6 Å². The van der Waals surface area contributed by atoms with Crippen LogP contribution in [-0.2, 0) is 0 Å². The minimum absolute atomic E-state index is 0.0665. The fourth-order valence-corrected chi connectivity index (χ4v) is 2.65. The number of hydrogen-bond acceptors (Lipinski definition) is 6. The van der Waals surface area contributed by atoms with Crippen molar-refractivity contribution >= 4 is 11.6 Å². The molecule has 1 aromatic heterocycles. The van der Waals surface area contributed by atoms with Crippen LogP contribution in [0.1, 0.15) is 15.9 Å². The molecule has 0 spiro atoms. The Morgan fingerprint density at radius 3 is 2.75 bits per heavy atom. The summed E-state index contributed by atoms with van der Waals surface area (Å²) in [6.45, 7) is 1.55. The SMILES string of the molecule is Nc1c(C(=O)c2cccc(OCCNCCO)c2)cnn1-c1ccc(F)cc1. The molecule has 0 atom stereocenters. The highest BCUT2D eigenvalue weighted by Crippen LogP contribution is 2.22. The zero-order valence-electron chi connectivity index (χ0n) is 15.1. The van der Waals surface area contributed by atoms with Gasteiger partial charge < -0.3 is 20.9 Å². The van der Waals surface area contributed by atoms with Gasteiger partial charge in [0.15, 0.2) is 5.78 Å². The van der Waals surface area contributed by atoms with Gasteiger partial charge in [0.2, 0.25) is 0 Å². The highest BCUT2D eigenvalue weighted by Gasteiger charge is 2.18. The van der Waals surface area contributed by atoms with Crippen molar-refractivity contribution in [1.82, 2.24) is 15.1 Å². The molecule has 0 radical (unpaired) electrons. The number of ether oxygens (including phenoxy) is 1. The van der Waals surface area contributed by atoms with Crippen molar-refractivity contribution in [3.63, 3.8) is 0 Å². The molecule has 0 fully saturated rings. The van der Waals surface area contributed by atoms with Crippen molar-refractivity contribution in [1.29, 1.82) is 0 Å². The molecule has 0 amide bonds.